The summed E-state index contributed by atoms with van der Waals surface area (Å²) in [7, 11) is 0. The van der Waals surface area contributed by atoms with Gasteiger partial charge in [0.15, 0.2) is 5.69 Å². The van der Waals surface area contributed by atoms with Crippen LogP contribution in [0.1, 0.15) is 61.0 Å². The summed E-state index contributed by atoms with van der Waals surface area (Å²) in [5.41, 5.74) is 5.24. The van der Waals surface area contributed by atoms with Crippen LogP contribution in [0.4, 0.5) is 10.1 Å². The van der Waals surface area contributed by atoms with Crippen LogP contribution in [-0.4, -0.2) is 87.6 Å². The van der Waals surface area contributed by atoms with Crippen molar-refractivity contribution in [1.29, 1.82) is 0 Å². The Morgan fingerprint density at radius 3 is 2.57 bits per heavy atom. The number of nitrogens with one attached hydrogen (secondary N) is 2. The van der Waals surface area contributed by atoms with E-state index >= 15 is 0 Å². The SMILES string of the molecule is O=C(CN1C2=NC(C3=CCOCC3)NN2C(=O)C2=C1CCC21CCN(C(=O)c2ncccc2O)CC1)Nc1ccc(C2(F)CC2)cc1. The maximum atomic E-state index is 14.5. The van der Waals surface area contributed by atoms with Crippen molar-refractivity contribution < 1.29 is 28.6 Å². The fourth-order valence-corrected chi connectivity index (χ4v) is 7.55. The number of pyridine rings is 1. The molecule has 3 amide bonds. The second-order valence-corrected chi connectivity index (χ2v) is 13.1. The van der Waals surface area contributed by atoms with E-state index in [1.54, 1.807) is 35.2 Å². The number of carbonyl (C=O) groups excluding carboxylic acids is 3. The number of amides is 3. The van der Waals surface area contributed by atoms with Crippen molar-refractivity contribution in [1.82, 2.24) is 25.2 Å². The summed E-state index contributed by atoms with van der Waals surface area (Å²) in [6.45, 7) is 1.79. The lowest BCUT2D eigenvalue weighted by atomic mass is 9.72. The highest BCUT2D eigenvalue weighted by Crippen LogP contribution is 2.53. The molecule has 6 aliphatic rings. The van der Waals surface area contributed by atoms with Crippen LogP contribution in [0.3, 0.4) is 0 Å². The number of aromatic hydroxyl groups is 1. The minimum absolute atomic E-state index is 0.0164. The molecule has 1 aromatic carbocycles. The number of likely N-dealkylation sites (tertiary alicyclic amines) is 1. The number of allylic oxidation sites excluding steroid dienone is 1. The number of ether oxygens (including phenoxy) is 1. The first-order valence-corrected chi connectivity index (χ1v) is 16.2. The molecule has 2 fully saturated rings. The average Bonchev–Trinajstić information content (AvgIpc) is 3.51. The Kier molecular flexibility index (Phi) is 7.14. The molecule has 2 aromatic rings. The van der Waals surface area contributed by atoms with Crippen molar-refractivity contribution in [3.05, 3.63) is 76.8 Å². The minimum Gasteiger partial charge on any atom is -0.505 e. The van der Waals surface area contributed by atoms with E-state index in [2.05, 4.69) is 15.7 Å². The summed E-state index contributed by atoms with van der Waals surface area (Å²) in [6, 6.07) is 9.89. The summed E-state index contributed by atoms with van der Waals surface area (Å²) in [6.07, 6.45) is 7.14. The third-order valence-corrected chi connectivity index (χ3v) is 10.4. The van der Waals surface area contributed by atoms with Gasteiger partial charge >= 0.3 is 0 Å². The van der Waals surface area contributed by atoms with Gasteiger partial charge in [-0.3, -0.25) is 14.4 Å². The van der Waals surface area contributed by atoms with Crippen molar-refractivity contribution in [2.75, 3.05) is 38.2 Å². The summed E-state index contributed by atoms with van der Waals surface area (Å²) in [5.74, 6) is -0.575. The number of nitrogens with zero attached hydrogens (tertiary/aromatic N) is 5. The van der Waals surface area contributed by atoms with Crippen LogP contribution in [0.2, 0.25) is 0 Å². The lowest BCUT2D eigenvalue weighted by molar-refractivity contribution is -0.128. The monoisotopic (exact) mass is 641 g/mol. The lowest BCUT2D eigenvalue weighted by Gasteiger charge is -2.43. The number of benzene rings is 1. The second kappa shape index (κ2) is 11.3. The molecule has 0 radical (unpaired) electrons. The van der Waals surface area contributed by atoms with Gasteiger partial charge in [-0.15, -0.1) is 0 Å². The molecule has 1 aromatic heterocycles. The number of rotatable bonds is 6. The number of hydrazine groups is 1. The van der Waals surface area contributed by atoms with Gasteiger partial charge in [0.2, 0.25) is 11.9 Å². The van der Waals surface area contributed by atoms with Crippen LogP contribution in [0.25, 0.3) is 0 Å². The van der Waals surface area contributed by atoms with Gasteiger partial charge < -0.3 is 25.0 Å². The van der Waals surface area contributed by atoms with E-state index < -0.39 is 17.2 Å². The third-order valence-electron chi connectivity index (χ3n) is 10.4. The van der Waals surface area contributed by atoms with E-state index in [4.69, 9.17) is 9.73 Å². The van der Waals surface area contributed by atoms with Gasteiger partial charge in [0, 0.05) is 41.7 Å². The molecule has 8 rings (SSSR count). The molecular weight excluding hydrogens is 605 g/mol. The van der Waals surface area contributed by atoms with Gasteiger partial charge in [-0.1, -0.05) is 18.2 Å². The van der Waals surface area contributed by atoms with Gasteiger partial charge in [-0.25, -0.2) is 19.4 Å². The molecule has 244 valence electrons. The molecule has 12 nitrogen and oxygen atoms in total. The van der Waals surface area contributed by atoms with Crippen LogP contribution < -0.4 is 10.7 Å². The zero-order chi connectivity index (χ0) is 32.3. The van der Waals surface area contributed by atoms with Crippen LogP contribution >= 0.6 is 0 Å². The molecule has 0 bridgehead atoms. The van der Waals surface area contributed by atoms with E-state index in [1.807, 2.05) is 11.0 Å². The van der Waals surface area contributed by atoms with E-state index in [9.17, 15) is 23.9 Å². The number of fused-ring (bicyclic) bond motifs is 2. The standard InChI is InChI=1S/C34H36FN7O5/c35-34(11-12-34)22-3-5-23(6-4-22)37-26(44)20-41-24-7-10-33(13-16-40(17-14-33)31(46)28-25(43)2-1-15-36-28)27(24)30(45)42-32(41)38-29(39-42)21-8-18-47-19-9-21/h1-6,8,15,29,39,43H,7,9-14,16-20H2,(H,37,44). The number of anilines is 1. The molecule has 1 saturated carbocycles. The zero-order valence-electron chi connectivity index (χ0n) is 25.9. The first-order chi connectivity index (χ1) is 22.7. The predicted molar refractivity (Wildman–Crippen MR) is 168 cm³/mol. The van der Waals surface area contributed by atoms with Crippen LogP contribution in [0, 0.1) is 5.41 Å². The van der Waals surface area contributed by atoms with Gasteiger partial charge in [0.05, 0.1) is 13.2 Å². The Morgan fingerprint density at radius 2 is 1.87 bits per heavy atom. The molecule has 1 spiro atoms. The number of guanidine groups is 1. The first kappa shape index (κ1) is 29.8. The molecule has 1 unspecified atom stereocenters. The van der Waals surface area contributed by atoms with Gasteiger partial charge in [0.1, 0.15) is 24.1 Å². The summed E-state index contributed by atoms with van der Waals surface area (Å²) < 4.78 is 20.0. The van der Waals surface area contributed by atoms with E-state index in [0.717, 1.165) is 11.3 Å². The van der Waals surface area contributed by atoms with Crippen LogP contribution in [-0.2, 0) is 20.0 Å². The highest BCUT2D eigenvalue weighted by atomic mass is 19.1. The van der Waals surface area contributed by atoms with E-state index in [-0.39, 0.29) is 35.7 Å². The van der Waals surface area contributed by atoms with E-state index in [1.165, 1.54) is 17.3 Å². The maximum absolute atomic E-state index is 14.5. The number of halogens is 1. The number of alkyl halides is 1. The number of piperidine rings is 1. The predicted octanol–water partition coefficient (Wildman–Crippen LogP) is 3.35. The van der Waals surface area contributed by atoms with E-state index in [0.29, 0.717) is 94.0 Å². The van der Waals surface area contributed by atoms with Crippen molar-refractivity contribution in [3.8, 4) is 5.75 Å². The lowest BCUT2D eigenvalue weighted by Crippen LogP contribution is -2.57. The van der Waals surface area contributed by atoms with Gasteiger partial charge in [-0.05, 0) is 80.3 Å². The molecule has 5 heterocycles. The Morgan fingerprint density at radius 1 is 1.09 bits per heavy atom. The average molecular weight is 642 g/mol. The van der Waals surface area contributed by atoms with Gasteiger partial charge in [-0.2, -0.15) is 5.43 Å². The normalized spacial score (nSPS) is 24.1. The highest BCUT2D eigenvalue weighted by Gasteiger charge is 2.54. The fraction of sp³-hybridized carbons (Fsp3) is 0.441. The smallest absolute Gasteiger partial charge is 0.276 e. The summed E-state index contributed by atoms with van der Waals surface area (Å²) >= 11 is 0. The summed E-state index contributed by atoms with van der Waals surface area (Å²) in [4.78, 5) is 53.6. The Labute approximate surface area is 270 Å². The molecule has 1 atom stereocenters. The Bertz CT molecular complexity index is 1740. The quantitative estimate of drug-likeness (QED) is 0.409. The van der Waals surface area contributed by atoms with Crippen molar-refractivity contribution in [3.63, 3.8) is 0 Å². The third kappa shape index (κ3) is 5.17. The number of aliphatic imine (C=N–C) groups is 1. The Balaban J connectivity index is 1.06. The fourth-order valence-electron chi connectivity index (χ4n) is 7.55. The number of hydrogen-bond donors (Lipinski definition) is 3. The van der Waals surface area contributed by atoms with Crippen molar-refractivity contribution >= 4 is 29.4 Å². The molecule has 47 heavy (non-hydrogen) atoms. The number of aromatic nitrogens is 1. The molecule has 2 aliphatic carbocycles. The number of hydrogen-bond acceptors (Lipinski definition) is 9. The molecule has 13 heteroatoms. The van der Waals surface area contributed by atoms with Crippen molar-refractivity contribution in [2.24, 2.45) is 10.4 Å². The maximum Gasteiger partial charge on any atom is 0.276 e. The topological polar surface area (TPSA) is 140 Å². The first-order valence-electron chi connectivity index (χ1n) is 16.2. The number of carbonyl (C=O) groups is 3. The molecule has 1 saturated heterocycles. The molecule has 3 N–H and O–H groups in total. The van der Waals surface area contributed by atoms with Crippen molar-refractivity contribution in [2.45, 2.75) is 56.8 Å². The molecular formula is C34H36FN7O5. The zero-order valence-corrected chi connectivity index (χ0v) is 25.9. The second-order valence-electron chi connectivity index (χ2n) is 13.1. The highest BCUT2D eigenvalue weighted by molar-refractivity contribution is 6.11. The minimum atomic E-state index is -1.25. The largest absolute Gasteiger partial charge is 0.505 e. The van der Waals surface area contributed by atoms with Crippen LogP contribution in [0.15, 0.2) is 70.5 Å². The van der Waals surface area contributed by atoms with Crippen LogP contribution in [0.5, 0.6) is 5.75 Å². The molecule has 4 aliphatic heterocycles. The van der Waals surface area contributed by atoms with Gasteiger partial charge in [0.25, 0.3) is 11.8 Å². The summed E-state index contributed by atoms with van der Waals surface area (Å²) in [5, 5.41) is 14.6. The Hall–Kier alpha value is -4.62.